The number of allylic oxidation sites excluding steroid dienone is 2. The van der Waals surface area contributed by atoms with Crippen LogP contribution in [0.3, 0.4) is 0 Å². The zero-order valence-electron chi connectivity index (χ0n) is 26.2. The summed E-state index contributed by atoms with van der Waals surface area (Å²) in [5.41, 5.74) is 0.665. The molecule has 260 valence electrons. The number of nitrogens with one attached hydrogen (secondary N) is 1. The van der Waals surface area contributed by atoms with Crippen molar-refractivity contribution >= 4 is 52.6 Å². The van der Waals surface area contributed by atoms with Crippen LogP contribution < -0.4 is 5.43 Å². The molecule has 6 unspecified atom stereocenters. The molecule has 3 heterocycles. The van der Waals surface area contributed by atoms with Gasteiger partial charge in [0.2, 0.25) is 11.8 Å². The summed E-state index contributed by atoms with van der Waals surface area (Å²) in [5, 5.41) is 10.6. The number of anilines is 1. The highest BCUT2D eigenvalue weighted by Crippen LogP contribution is 2.64. The largest absolute Gasteiger partial charge is 0.505 e. The van der Waals surface area contributed by atoms with Crippen molar-refractivity contribution in [1.29, 1.82) is 0 Å². The van der Waals surface area contributed by atoms with E-state index in [1.54, 1.807) is 18.2 Å². The summed E-state index contributed by atoms with van der Waals surface area (Å²) in [6.07, 6.45) is -1.83. The van der Waals surface area contributed by atoms with Crippen molar-refractivity contribution in [3.63, 3.8) is 0 Å². The van der Waals surface area contributed by atoms with Gasteiger partial charge >= 0.3 is 6.18 Å². The summed E-state index contributed by atoms with van der Waals surface area (Å²) in [4.78, 5) is 62.0. The quantitative estimate of drug-likeness (QED) is 0.166. The molecule has 2 saturated heterocycles. The fourth-order valence-electron chi connectivity index (χ4n) is 8.37. The van der Waals surface area contributed by atoms with Crippen LogP contribution in [0.4, 0.5) is 23.4 Å². The number of pyridine rings is 1. The van der Waals surface area contributed by atoms with E-state index in [1.807, 2.05) is 6.92 Å². The van der Waals surface area contributed by atoms with Gasteiger partial charge in [0.25, 0.3) is 11.8 Å². The van der Waals surface area contributed by atoms with Crippen molar-refractivity contribution in [1.82, 2.24) is 14.9 Å². The summed E-state index contributed by atoms with van der Waals surface area (Å²) in [6, 6.07) is 10.4. The van der Waals surface area contributed by atoms with E-state index in [0.717, 1.165) is 12.1 Å². The molecule has 3 aromatic rings. The number of aromatic hydroxyl groups is 1. The Bertz CT molecular complexity index is 1990. The van der Waals surface area contributed by atoms with E-state index in [1.165, 1.54) is 23.1 Å². The van der Waals surface area contributed by atoms with Gasteiger partial charge in [0.05, 0.1) is 33.8 Å². The molecular formula is C35H28Cl2F4N4O5. The maximum Gasteiger partial charge on any atom is 0.417 e. The van der Waals surface area contributed by atoms with Crippen LogP contribution in [0.1, 0.15) is 48.8 Å². The first-order chi connectivity index (χ1) is 23.7. The maximum atomic E-state index is 15.2. The molecule has 1 aromatic heterocycles. The normalized spacial score (nSPS) is 27.7. The number of rotatable bonds is 6. The standard InChI is InChI=1S/C35H28Cl2F4N4O5/c1-2-11-44-30(47)21-9-8-20-22(27(21)32(44)49)14-23-31(48)45(43-29-24(37)13-18(15-42-29)35(39,40)41)33(50)34(23,17-4-6-19(36)7-5-17)28(20)16-3-10-26(46)25(38)12-16/h3-8,10,12-13,15,21-23,27-28,46H,2,9,11,14H2,1H3,(H,42,43). The Morgan fingerprint density at radius 1 is 1.00 bits per heavy atom. The number of imide groups is 2. The van der Waals surface area contributed by atoms with Crippen molar-refractivity contribution < 1.29 is 41.8 Å². The highest BCUT2D eigenvalue weighted by atomic mass is 35.5. The predicted molar refractivity (Wildman–Crippen MR) is 172 cm³/mol. The van der Waals surface area contributed by atoms with Crippen LogP contribution in [0.5, 0.6) is 5.75 Å². The van der Waals surface area contributed by atoms with Gasteiger partial charge < -0.3 is 5.11 Å². The highest BCUT2D eigenvalue weighted by molar-refractivity contribution is 6.33. The van der Waals surface area contributed by atoms with Crippen LogP contribution in [-0.4, -0.2) is 50.2 Å². The Morgan fingerprint density at radius 2 is 1.72 bits per heavy atom. The summed E-state index contributed by atoms with van der Waals surface area (Å²) in [5.74, 6) is -8.99. The Morgan fingerprint density at radius 3 is 2.36 bits per heavy atom. The number of hydrogen-bond donors (Lipinski definition) is 2. The monoisotopic (exact) mass is 730 g/mol. The van der Waals surface area contributed by atoms with Crippen LogP contribution in [0.2, 0.25) is 10.0 Å². The minimum absolute atomic E-state index is 0.0669. The van der Waals surface area contributed by atoms with Gasteiger partial charge in [0.15, 0.2) is 17.4 Å². The molecule has 9 nitrogen and oxygen atoms in total. The predicted octanol–water partition coefficient (Wildman–Crippen LogP) is 6.65. The average Bonchev–Trinajstić information content (AvgIpc) is 3.44. The lowest BCUT2D eigenvalue weighted by Gasteiger charge is -2.50. The molecule has 4 amide bonds. The highest BCUT2D eigenvalue weighted by Gasteiger charge is 2.70. The number of likely N-dealkylation sites (tertiary alicyclic amines) is 1. The zero-order valence-corrected chi connectivity index (χ0v) is 27.7. The van der Waals surface area contributed by atoms with E-state index < -0.39 is 81.0 Å². The number of alkyl halides is 3. The molecule has 1 saturated carbocycles. The number of hydrazine groups is 1. The van der Waals surface area contributed by atoms with Crippen molar-refractivity contribution in [2.24, 2.45) is 23.7 Å². The van der Waals surface area contributed by atoms with Gasteiger partial charge in [-0.25, -0.2) is 9.37 Å². The lowest BCUT2D eigenvalue weighted by Crippen LogP contribution is -2.53. The van der Waals surface area contributed by atoms with Gasteiger partial charge in [-0.3, -0.25) is 29.5 Å². The fourth-order valence-corrected chi connectivity index (χ4v) is 8.70. The molecule has 50 heavy (non-hydrogen) atoms. The number of carbonyl (C=O) groups excluding carboxylic acids is 4. The second-order valence-electron chi connectivity index (χ2n) is 13.0. The summed E-state index contributed by atoms with van der Waals surface area (Å²) in [7, 11) is 0. The molecule has 15 heteroatoms. The first kappa shape index (κ1) is 34.0. The maximum absolute atomic E-state index is 15.2. The van der Waals surface area contributed by atoms with Crippen LogP contribution in [0.15, 0.2) is 66.4 Å². The topological polar surface area (TPSA) is 120 Å². The van der Waals surface area contributed by atoms with Gasteiger partial charge in [-0.1, -0.05) is 60.0 Å². The summed E-state index contributed by atoms with van der Waals surface area (Å²) < 4.78 is 55.3. The fraction of sp³-hybridized carbons (Fsp3) is 0.343. The van der Waals surface area contributed by atoms with E-state index in [4.69, 9.17) is 23.2 Å². The number of phenols is 1. The first-order valence-electron chi connectivity index (χ1n) is 15.9. The molecule has 2 N–H and O–H groups in total. The number of fused-ring (bicyclic) bond motifs is 4. The third kappa shape index (κ3) is 4.99. The average molecular weight is 732 g/mol. The molecule has 7 rings (SSSR count). The number of halogens is 6. The van der Waals surface area contributed by atoms with E-state index >= 15 is 9.18 Å². The Balaban J connectivity index is 1.43. The smallest absolute Gasteiger partial charge is 0.417 e. The lowest BCUT2D eigenvalue weighted by molar-refractivity contribution is -0.141. The zero-order chi connectivity index (χ0) is 35.9. The van der Waals surface area contributed by atoms with Crippen molar-refractivity contribution in [3.05, 3.63) is 98.9 Å². The Labute approximate surface area is 292 Å². The minimum atomic E-state index is -4.76. The molecule has 2 aliphatic carbocycles. The van der Waals surface area contributed by atoms with Crippen molar-refractivity contribution in [3.8, 4) is 5.75 Å². The number of amides is 4. The number of aromatic nitrogens is 1. The molecule has 0 radical (unpaired) electrons. The van der Waals surface area contributed by atoms with Crippen LogP contribution >= 0.6 is 23.2 Å². The van der Waals surface area contributed by atoms with E-state index in [0.29, 0.717) is 39.9 Å². The molecule has 6 atom stereocenters. The Kier molecular flexibility index (Phi) is 8.21. The number of phenolic OH excluding ortho intramolecular Hbond substituents is 1. The third-order valence-electron chi connectivity index (χ3n) is 10.4. The summed E-state index contributed by atoms with van der Waals surface area (Å²) >= 11 is 12.4. The molecule has 2 aliphatic heterocycles. The van der Waals surface area contributed by atoms with E-state index in [9.17, 15) is 32.7 Å². The van der Waals surface area contributed by atoms with Crippen LogP contribution in [0.25, 0.3) is 0 Å². The second kappa shape index (κ2) is 12.1. The molecule has 0 spiro atoms. The molecule has 4 aliphatic rings. The van der Waals surface area contributed by atoms with Crippen LogP contribution in [-0.2, 0) is 30.8 Å². The van der Waals surface area contributed by atoms with Crippen LogP contribution in [0, 0.1) is 29.5 Å². The molecule has 3 fully saturated rings. The number of hydrogen-bond acceptors (Lipinski definition) is 7. The molecular weight excluding hydrogens is 703 g/mol. The first-order valence-corrected chi connectivity index (χ1v) is 16.6. The number of nitrogens with zero attached hydrogens (tertiary/aromatic N) is 3. The van der Waals surface area contributed by atoms with Crippen molar-refractivity contribution in [2.75, 3.05) is 12.0 Å². The van der Waals surface area contributed by atoms with Gasteiger partial charge in [-0.2, -0.15) is 18.2 Å². The summed E-state index contributed by atoms with van der Waals surface area (Å²) in [6.45, 7) is 2.05. The van der Waals surface area contributed by atoms with Gasteiger partial charge in [0.1, 0.15) is 0 Å². The van der Waals surface area contributed by atoms with E-state index in [-0.39, 0.29) is 36.8 Å². The SMILES string of the molecule is CCCN1C(=O)C2CC=C3C(CC4C(=O)N(Nc5ncc(C(F)(F)F)cc5Cl)C(=O)C4(c4ccc(Cl)cc4)C3c3ccc(O)c(F)c3)C2C1=O. The third-order valence-corrected chi connectivity index (χ3v) is 10.9. The van der Waals surface area contributed by atoms with Gasteiger partial charge in [-0.05, 0) is 66.6 Å². The van der Waals surface area contributed by atoms with E-state index in [2.05, 4.69) is 10.4 Å². The minimum Gasteiger partial charge on any atom is -0.505 e. The van der Waals surface area contributed by atoms with Crippen molar-refractivity contribution in [2.45, 2.75) is 43.7 Å². The second-order valence-corrected chi connectivity index (χ2v) is 13.8. The Hall–Kier alpha value is -4.49. The lowest BCUT2D eigenvalue weighted by atomic mass is 9.49. The van der Waals surface area contributed by atoms with Gasteiger partial charge in [0, 0.05) is 23.7 Å². The van der Waals surface area contributed by atoms with Gasteiger partial charge in [-0.15, -0.1) is 0 Å². The number of benzene rings is 2. The molecule has 2 aromatic carbocycles. The number of carbonyl (C=O) groups is 4. The molecule has 0 bridgehead atoms.